The van der Waals surface area contributed by atoms with Crippen LogP contribution in [-0.2, 0) is 6.42 Å². The Bertz CT molecular complexity index is 882. The Morgan fingerprint density at radius 3 is 2.52 bits per heavy atom. The summed E-state index contributed by atoms with van der Waals surface area (Å²) in [5.41, 5.74) is 7.08. The SMILES string of the molecule is COc1ccccc1Oc1c(N)nc(Cc2cccc(Br)c2)nc1Cl. The minimum atomic E-state index is 0.156. The Kier molecular flexibility index (Phi) is 5.40. The first kappa shape index (κ1) is 17.5. The molecule has 2 N–H and O–H groups in total. The third-order valence-electron chi connectivity index (χ3n) is 3.43. The molecule has 3 rings (SSSR count). The second-order valence-corrected chi connectivity index (χ2v) is 6.48. The molecular formula is C18H15BrClN3O2. The fourth-order valence-electron chi connectivity index (χ4n) is 2.30. The van der Waals surface area contributed by atoms with E-state index >= 15 is 0 Å². The minimum absolute atomic E-state index is 0.156. The van der Waals surface area contributed by atoms with Gasteiger partial charge in [0.05, 0.1) is 7.11 Å². The van der Waals surface area contributed by atoms with E-state index in [0.29, 0.717) is 23.7 Å². The molecule has 2 aromatic carbocycles. The van der Waals surface area contributed by atoms with Crippen molar-refractivity contribution < 1.29 is 9.47 Å². The highest BCUT2D eigenvalue weighted by Gasteiger charge is 2.15. The van der Waals surface area contributed by atoms with Gasteiger partial charge in [0.2, 0.25) is 5.75 Å². The lowest BCUT2D eigenvalue weighted by Crippen LogP contribution is -2.04. The number of halogens is 2. The molecule has 128 valence electrons. The van der Waals surface area contributed by atoms with Crippen molar-refractivity contribution in [3.05, 3.63) is 69.5 Å². The Morgan fingerprint density at radius 1 is 1.08 bits per heavy atom. The van der Waals surface area contributed by atoms with Gasteiger partial charge in [0.15, 0.2) is 22.5 Å². The summed E-state index contributed by atoms with van der Waals surface area (Å²) in [6.45, 7) is 0. The number of ether oxygens (including phenoxy) is 2. The van der Waals surface area contributed by atoms with Crippen molar-refractivity contribution in [2.75, 3.05) is 12.8 Å². The molecule has 0 atom stereocenters. The van der Waals surface area contributed by atoms with E-state index in [1.165, 1.54) is 0 Å². The highest BCUT2D eigenvalue weighted by atomic mass is 79.9. The maximum atomic E-state index is 6.27. The van der Waals surface area contributed by atoms with E-state index in [1.807, 2.05) is 36.4 Å². The number of aromatic nitrogens is 2. The van der Waals surface area contributed by atoms with Crippen molar-refractivity contribution in [2.45, 2.75) is 6.42 Å². The molecule has 7 heteroatoms. The molecule has 0 aliphatic rings. The summed E-state index contributed by atoms with van der Waals surface area (Å²) >= 11 is 9.71. The largest absolute Gasteiger partial charge is 0.493 e. The smallest absolute Gasteiger partial charge is 0.206 e. The van der Waals surface area contributed by atoms with Crippen LogP contribution in [0.3, 0.4) is 0 Å². The van der Waals surface area contributed by atoms with Gasteiger partial charge in [-0.3, -0.25) is 0 Å². The lowest BCUT2D eigenvalue weighted by atomic mass is 10.1. The lowest BCUT2D eigenvalue weighted by Gasteiger charge is -2.13. The topological polar surface area (TPSA) is 70.3 Å². The summed E-state index contributed by atoms with van der Waals surface area (Å²) < 4.78 is 12.0. The van der Waals surface area contributed by atoms with E-state index in [2.05, 4.69) is 25.9 Å². The maximum Gasteiger partial charge on any atom is 0.206 e. The Hall–Kier alpha value is -2.31. The van der Waals surface area contributed by atoms with Gasteiger partial charge in [-0.25, -0.2) is 9.97 Å². The molecule has 0 aliphatic heterocycles. The Labute approximate surface area is 158 Å². The Morgan fingerprint density at radius 2 is 1.84 bits per heavy atom. The summed E-state index contributed by atoms with van der Waals surface area (Å²) in [5, 5.41) is 0.156. The van der Waals surface area contributed by atoms with E-state index in [-0.39, 0.29) is 16.7 Å². The van der Waals surface area contributed by atoms with Crippen LogP contribution >= 0.6 is 27.5 Å². The summed E-state index contributed by atoms with van der Waals surface area (Å²) in [4.78, 5) is 8.62. The number of hydrogen-bond donors (Lipinski definition) is 1. The third-order valence-corrected chi connectivity index (χ3v) is 4.18. The van der Waals surface area contributed by atoms with Crippen LogP contribution in [-0.4, -0.2) is 17.1 Å². The first-order valence-electron chi connectivity index (χ1n) is 7.44. The fraction of sp³-hybridized carbons (Fsp3) is 0.111. The molecule has 25 heavy (non-hydrogen) atoms. The number of nitrogen functional groups attached to an aromatic ring is 1. The number of nitrogens with two attached hydrogens (primary N) is 1. The number of nitrogens with zero attached hydrogens (tertiary/aromatic N) is 2. The van der Waals surface area contributed by atoms with Gasteiger partial charge in [-0.1, -0.05) is 51.8 Å². The zero-order valence-electron chi connectivity index (χ0n) is 13.4. The zero-order valence-corrected chi connectivity index (χ0v) is 15.7. The van der Waals surface area contributed by atoms with Crippen molar-refractivity contribution in [2.24, 2.45) is 0 Å². The number of hydrogen-bond acceptors (Lipinski definition) is 5. The first-order valence-corrected chi connectivity index (χ1v) is 8.61. The number of methoxy groups -OCH3 is 1. The van der Waals surface area contributed by atoms with E-state index in [9.17, 15) is 0 Å². The predicted molar refractivity (Wildman–Crippen MR) is 101 cm³/mol. The quantitative estimate of drug-likeness (QED) is 0.597. The van der Waals surface area contributed by atoms with Gasteiger partial charge in [0.1, 0.15) is 5.82 Å². The van der Waals surface area contributed by atoms with Gasteiger partial charge in [-0.2, -0.15) is 0 Å². The van der Waals surface area contributed by atoms with Gasteiger partial charge < -0.3 is 15.2 Å². The van der Waals surface area contributed by atoms with E-state index in [0.717, 1.165) is 10.0 Å². The predicted octanol–water partition coefficient (Wildman–Crippen LogP) is 4.87. The summed E-state index contributed by atoms with van der Waals surface area (Å²) in [6.07, 6.45) is 0.512. The van der Waals surface area contributed by atoms with Crippen LogP contribution in [0.4, 0.5) is 5.82 Å². The number of para-hydroxylation sites is 2. The van der Waals surface area contributed by atoms with Crippen molar-refractivity contribution in [3.63, 3.8) is 0 Å². The zero-order chi connectivity index (χ0) is 17.8. The molecule has 5 nitrogen and oxygen atoms in total. The van der Waals surface area contributed by atoms with Crippen LogP contribution in [0.2, 0.25) is 5.15 Å². The number of anilines is 1. The maximum absolute atomic E-state index is 6.27. The van der Waals surface area contributed by atoms with Gasteiger partial charge >= 0.3 is 0 Å². The third kappa shape index (κ3) is 4.21. The molecule has 0 spiro atoms. The molecule has 0 saturated heterocycles. The second-order valence-electron chi connectivity index (χ2n) is 5.20. The van der Waals surface area contributed by atoms with Gasteiger partial charge in [-0.15, -0.1) is 0 Å². The molecule has 1 aromatic heterocycles. The van der Waals surface area contributed by atoms with Crippen LogP contribution < -0.4 is 15.2 Å². The van der Waals surface area contributed by atoms with Crippen LogP contribution in [0.15, 0.2) is 53.0 Å². The van der Waals surface area contributed by atoms with E-state index < -0.39 is 0 Å². The number of rotatable bonds is 5. The molecule has 1 heterocycles. The molecule has 0 radical (unpaired) electrons. The van der Waals surface area contributed by atoms with Gasteiger partial charge in [0, 0.05) is 10.9 Å². The first-order chi connectivity index (χ1) is 12.1. The average molecular weight is 421 g/mol. The summed E-state index contributed by atoms with van der Waals surface area (Å²) in [7, 11) is 1.56. The fourth-order valence-corrected chi connectivity index (χ4v) is 2.98. The molecule has 0 amide bonds. The lowest BCUT2D eigenvalue weighted by molar-refractivity contribution is 0.378. The van der Waals surface area contributed by atoms with Crippen LogP contribution in [0.5, 0.6) is 17.2 Å². The van der Waals surface area contributed by atoms with Crippen LogP contribution in [0, 0.1) is 0 Å². The number of benzene rings is 2. The van der Waals surface area contributed by atoms with Gasteiger partial charge in [-0.05, 0) is 29.8 Å². The summed E-state index contributed by atoms with van der Waals surface area (Å²) in [6, 6.07) is 15.1. The second kappa shape index (κ2) is 7.72. The van der Waals surface area contributed by atoms with Gasteiger partial charge in [0.25, 0.3) is 0 Å². The minimum Gasteiger partial charge on any atom is -0.493 e. The molecule has 0 saturated carbocycles. The van der Waals surface area contributed by atoms with E-state index in [1.54, 1.807) is 19.2 Å². The normalized spacial score (nSPS) is 10.5. The molecule has 3 aromatic rings. The van der Waals surface area contributed by atoms with Crippen LogP contribution in [0.1, 0.15) is 11.4 Å². The van der Waals surface area contributed by atoms with Crippen molar-refractivity contribution in [1.82, 2.24) is 9.97 Å². The molecule has 0 bridgehead atoms. The molecular weight excluding hydrogens is 406 g/mol. The van der Waals surface area contributed by atoms with Crippen molar-refractivity contribution >= 4 is 33.3 Å². The average Bonchev–Trinajstić information content (AvgIpc) is 2.58. The molecule has 0 aliphatic carbocycles. The highest BCUT2D eigenvalue weighted by molar-refractivity contribution is 9.10. The van der Waals surface area contributed by atoms with E-state index in [4.69, 9.17) is 26.8 Å². The highest BCUT2D eigenvalue weighted by Crippen LogP contribution is 2.37. The molecule has 0 unspecified atom stereocenters. The molecule has 0 fully saturated rings. The monoisotopic (exact) mass is 419 g/mol. The Balaban J connectivity index is 1.87. The standard InChI is InChI=1S/C18H15BrClN3O2/c1-24-13-7-2-3-8-14(13)25-16-17(20)22-15(23-18(16)21)10-11-5-4-6-12(19)9-11/h2-9H,10H2,1H3,(H2,21,22,23). The van der Waals surface area contributed by atoms with Crippen LogP contribution in [0.25, 0.3) is 0 Å². The van der Waals surface area contributed by atoms with Crippen molar-refractivity contribution in [1.29, 1.82) is 0 Å². The van der Waals surface area contributed by atoms with Crippen molar-refractivity contribution in [3.8, 4) is 17.2 Å². The summed E-state index contributed by atoms with van der Waals surface area (Å²) in [5.74, 6) is 1.96.